The highest BCUT2D eigenvalue weighted by atomic mass is 35.5. The molecular formula is C27H31Cl2N3O3. The molecule has 8 heteroatoms. The summed E-state index contributed by atoms with van der Waals surface area (Å²) in [5, 5.41) is 14.0. The summed E-state index contributed by atoms with van der Waals surface area (Å²) in [6, 6.07) is 13.7. The van der Waals surface area contributed by atoms with Crippen molar-refractivity contribution in [2.75, 3.05) is 0 Å². The van der Waals surface area contributed by atoms with Crippen LogP contribution in [0.25, 0.3) is 0 Å². The zero-order valence-corrected chi connectivity index (χ0v) is 21.5. The number of ketones is 1. The number of carbonyl (C=O) groups is 2. The fourth-order valence-corrected chi connectivity index (χ4v) is 4.65. The topological polar surface area (TPSA) is 84.2 Å². The molecule has 0 amide bonds. The third kappa shape index (κ3) is 8.49. The molecule has 3 rings (SSSR count). The summed E-state index contributed by atoms with van der Waals surface area (Å²) in [7, 11) is 0. The Morgan fingerprint density at radius 3 is 2.34 bits per heavy atom. The summed E-state index contributed by atoms with van der Waals surface area (Å²) in [4.78, 5) is 29.5. The van der Waals surface area contributed by atoms with Gasteiger partial charge in [0.2, 0.25) is 0 Å². The van der Waals surface area contributed by atoms with Gasteiger partial charge in [-0.1, -0.05) is 67.4 Å². The van der Waals surface area contributed by atoms with E-state index in [1.165, 1.54) is 0 Å². The fourth-order valence-electron chi connectivity index (χ4n) is 4.08. The molecule has 6 nitrogen and oxygen atoms in total. The number of Topliss-reactive ketones (excluding diaryl/α,β-unsaturated/α-hetero) is 1. The lowest BCUT2D eigenvalue weighted by molar-refractivity contribution is -0.140. The van der Waals surface area contributed by atoms with Crippen LogP contribution in [0.5, 0.6) is 0 Å². The second kappa shape index (κ2) is 12.9. The van der Waals surface area contributed by atoms with Crippen molar-refractivity contribution in [3.05, 3.63) is 87.9 Å². The van der Waals surface area contributed by atoms with Gasteiger partial charge >= 0.3 is 5.97 Å². The number of aromatic nitrogens is 2. The van der Waals surface area contributed by atoms with E-state index in [4.69, 9.17) is 23.2 Å². The number of hydrogen-bond acceptors (Lipinski definition) is 4. The van der Waals surface area contributed by atoms with Crippen LogP contribution in [-0.2, 0) is 29.0 Å². The summed E-state index contributed by atoms with van der Waals surface area (Å²) in [6.07, 6.45) is 5.07. The van der Waals surface area contributed by atoms with Crippen molar-refractivity contribution in [2.45, 2.75) is 58.2 Å². The molecule has 0 unspecified atom stereocenters. The van der Waals surface area contributed by atoms with E-state index in [2.05, 4.69) is 10.3 Å². The highest BCUT2D eigenvalue weighted by molar-refractivity contribution is 6.34. The summed E-state index contributed by atoms with van der Waals surface area (Å²) < 4.78 is 1.93. The molecule has 0 radical (unpaired) electrons. The van der Waals surface area contributed by atoms with Crippen LogP contribution in [0, 0.1) is 5.92 Å². The molecular weight excluding hydrogens is 485 g/mol. The van der Waals surface area contributed by atoms with Crippen LogP contribution in [0.15, 0.2) is 61.1 Å². The second-order valence-corrected chi connectivity index (χ2v) is 10.1. The Hall–Kier alpha value is -2.67. The van der Waals surface area contributed by atoms with Gasteiger partial charge in [-0.05, 0) is 48.1 Å². The first-order valence-corrected chi connectivity index (χ1v) is 12.5. The minimum atomic E-state index is -0.957. The predicted molar refractivity (Wildman–Crippen MR) is 139 cm³/mol. The highest BCUT2D eigenvalue weighted by Gasteiger charge is 2.27. The van der Waals surface area contributed by atoms with Crippen molar-refractivity contribution in [2.24, 2.45) is 5.92 Å². The number of hydrogen-bond donors (Lipinski definition) is 2. The number of nitrogens with zero attached hydrogens (tertiary/aromatic N) is 2. The molecule has 2 aromatic carbocycles. The number of halogens is 2. The Balaban J connectivity index is 1.80. The molecule has 0 spiro atoms. The van der Waals surface area contributed by atoms with Gasteiger partial charge in [0, 0.05) is 41.3 Å². The van der Waals surface area contributed by atoms with Crippen LogP contribution in [0.4, 0.5) is 0 Å². The lowest BCUT2D eigenvalue weighted by Crippen LogP contribution is -2.49. The Morgan fingerprint density at radius 2 is 1.71 bits per heavy atom. The Kier molecular flexibility index (Phi) is 9.90. The maximum absolute atomic E-state index is 13.3. The van der Waals surface area contributed by atoms with Gasteiger partial charge in [0.1, 0.15) is 11.8 Å². The molecule has 3 aromatic rings. The summed E-state index contributed by atoms with van der Waals surface area (Å²) in [5.74, 6) is -0.814. The van der Waals surface area contributed by atoms with Gasteiger partial charge in [0.25, 0.3) is 0 Å². The number of aliphatic carboxylic acids is 1. The molecule has 0 aliphatic rings. The van der Waals surface area contributed by atoms with E-state index in [1.54, 1.807) is 18.6 Å². The van der Waals surface area contributed by atoms with Gasteiger partial charge in [-0.2, -0.15) is 0 Å². The van der Waals surface area contributed by atoms with E-state index < -0.39 is 18.1 Å². The average molecular weight is 516 g/mol. The van der Waals surface area contributed by atoms with Crippen LogP contribution in [0.1, 0.15) is 43.5 Å². The maximum atomic E-state index is 13.3. The summed E-state index contributed by atoms with van der Waals surface area (Å²) in [5.41, 5.74) is 2.80. The number of nitrogens with one attached hydrogen (secondary N) is 1. The molecule has 0 bridgehead atoms. The molecule has 0 aliphatic heterocycles. The fraction of sp³-hybridized carbons (Fsp3) is 0.370. The monoisotopic (exact) mass is 515 g/mol. The number of benzene rings is 2. The lowest BCUT2D eigenvalue weighted by Gasteiger charge is -2.24. The average Bonchev–Trinajstić information content (AvgIpc) is 3.22. The van der Waals surface area contributed by atoms with E-state index in [1.807, 2.05) is 60.9 Å². The van der Waals surface area contributed by atoms with Gasteiger partial charge in [-0.15, -0.1) is 0 Å². The van der Waals surface area contributed by atoms with E-state index in [0.29, 0.717) is 42.3 Å². The molecule has 1 heterocycles. The summed E-state index contributed by atoms with van der Waals surface area (Å²) >= 11 is 12.3. The van der Waals surface area contributed by atoms with E-state index in [-0.39, 0.29) is 11.7 Å². The van der Waals surface area contributed by atoms with Crippen molar-refractivity contribution >= 4 is 35.0 Å². The van der Waals surface area contributed by atoms with Crippen LogP contribution < -0.4 is 5.32 Å². The van der Waals surface area contributed by atoms with E-state index >= 15 is 0 Å². The van der Waals surface area contributed by atoms with Gasteiger partial charge in [0.05, 0.1) is 12.4 Å². The van der Waals surface area contributed by atoms with Crippen LogP contribution in [-0.4, -0.2) is 38.5 Å². The molecule has 0 fully saturated rings. The van der Waals surface area contributed by atoms with Crippen LogP contribution in [0.3, 0.4) is 0 Å². The van der Waals surface area contributed by atoms with Crippen LogP contribution >= 0.6 is 23.2 Å². The molecule has 0 aliphatic carbocycles. The highest BCUT2D eigenvalue weighted by Crippen LogP contribution is 2.21. The van der Waals surface area contributed by atoms with E-state index in [9.17, 15) is 14.7 Å². The van der Waals surface area contributed by atoms with Crippen molar-refractivity contribution in [3.63, 3.8) is 0 Å². The first-order chi connectivity index (χ1) is 16.7. The Bertz CT molecular complexity index is 1110. The molecule has 2 atom stereocenters. The minimum absolute atomic E-state index is 0.0255. The molecule has 0 saturated heterocycles. The standard InChI is InChI=1S/C27H31Cl2N3O3/c1-18(2)10-25(27(34)35)31-24(26(33)9-8-19-6-4-3-5-7-19)14-23-15-30-17-32(23)16-20-11-21(28)13-22(29)12-20/h3-7,11-13,15,17-18,24-25,31H,8-10,14,16H2,1-2H3,(H,34,35)/t24-,25-/m0/s1. The molecule has 35 heavy (non-hydrogen) atoms. The predicted octanol–water partition coefficient (Wildman–Crippen LogP) is 5.44. The van der Waals surface area contributed by atoms with Gasteiger partial charge < -0.3 is 9.67 Å². The number of carboxylic acids is 1. The Labute approximate surface area is 216 Å². The summed E-state index contributed by atoms with van der Waals surface area (Å²) in [6.45, 7) is 4.42. The van der Waals surface area contributed by atoms with Gasteiger partial charge in [-0.25, -0.2) is 4.98 Å². The third-order valence-corrected chi connectivity index (χ3v) is 6.22. The van der Waals surface area contributed by atoms with Crippen molar-refractivity contribution in [3.8, 4) is 0 Å². The van der Waals surface area contributed by atoms with Gasteiger partial charge in [0.15, 0.2) is 0 Å². The quantitative estimate of drug-likeness (QED) is 0.316. The zero-order chi connectivity index (χ0) is 25.4. The van der Waals surface area contributed by atoms with Crippen LogP contribution in [0.2, 0.25) is 10.0 Å². The van der Waals surface area contributed by atoms with Crippen molar-refractivity contribution in [1.82, 2.24) is 14.9 Å². The number of carboxylic acid groups (broad SMARTS) is 1. The number of aryl methyl sites for hydroxylation is 1. The molecule has 186 valence electrons. The lowest BCUT2D eigenvalue weighted by atomic mass is 9.97. The van der Waals surface area contributed by atoms with Gasteiger partial charge in [-0.3, -0.25) is 14.9 Å². The normalized spacial score (nSPS) is 13.1. The SMILES string of the molecule is CC(C)C[C@H](N[C@@H](Cc1cncn1Cc1cc(Cl)cc(Cl)c1)C(=O)CCc1ccccc1)C(=O)O. The minimum Gasteiger partial charge on any atom is -0.480 e. The molecule has 2 N–H and O–H groups in total. The number of imidazole rings is 1. The van der Waals surface area contributed by atoms with E-state index in [0.717, 1.165) is 16.8 Å². The van der Waals surface area contributed by atoms with Crippen molar-refractivity contribution < 1.29 is 14.7 Å². The maximum Gasteiger partial charge on any atom is 0.320 e. The second-order valence-electron chi connectivity index (χ2n) is 9.19. The largest absolute Gasteiger partial charge is 0.480 e. The molecule has 1 aromatic heterocycles. The molecule has 0 saturated carbocycles. The van der Waals surface area contributed by atoms with Crippen molar-refractivity contribution in [1.29, 1.82) is 0 Å². The first-order valence-electron chi connectivity index (χ1n) is 11.7. The smallest absolute Gasteiger partial charge is 0.320 e. The number of rotatable bonds is 13. The third-order valence-electron chi connectivity index (χ3n) is 5.79. The Morgan fingerprint density at radius 1 is 1.03 bits per heavy atom. The zero-order valence-electron chi connectivity index (χ0n) is 20.0. The number of carbonyl (C=O) groups excluding carboxylic acids is 1. The first kappa shape index (κ1) is 26.9.